The Kier molecular flexibility index (Phi) is 4.78. The molecule has 0 spiro atoms. The molecule has 3 nitrogen and oxygen atoms in total. The molecule has 1 aliphatic rings. The first kappa shape index (κ1) is 13.5. The second kappa shape index (κ2) is 5.67. The first-order valence-electron chi connectivity index (χ1n) is 6.38. The highest BCUT2D eigenvalue weighted by Crippen LogP contribution is 2.24. The molecule has 0 unspecified atom stereocenters. The standard InChI is InChI=1S/C13H25NO2/c1-5-8-13(3,4)16-12-6-9-14(10-7-12)11(2)15/h12H,5-10H2,1-4H3. The minimum atomic E-state index is -0.0161. The highest BCUT2D eigenvalue weighted by Gasteiger charge is 2.27. The molecule has 0 aliphatic carbocycles. The van der Waals surface area contributed by atoms with Crippen molar-refractivity contribution in [1.82, 2.24) is 4.90 Å². The summed E-state index contributed by atoms with van der Waals surface area (Å²) in [5.41, 5.74) is -0.0161. The molecule has 0 saturated carbocycles. The number of nitrogens with zero attached hydrogens (tertiary/aromatic N) is 1. The summed E-state index contributed by atoms with van der Waals surface area (Å²) in [6.07, 6.45) is 4.54. The van der Waals surface area contributed by atoms with Gasteiger partial charge in [-0.1, -0.05) is 13.3 Å². The Labute approximate surface area is 99.1 Å². The fourth-order valence-electron chi connectivity index (χ4n) is 2.40. The third-order valence-electron chi connectivity index (χ3n) is 3.23. The van der Waals surface area contributed by atoms with Crippen molar-refractivity contribution < 1.29 is 9.53 Å². The Morgan fingerprint density at radius 2 is 1.94 bits per heavy atom. The van der Waals surface area contributed by atoms with E-state index in [-0.39, 0.29) is 11.5 Å². The van der Waals surface area contributed by atoms with E-state index in [2.05, 4.69) is 20.8 Å². The lowest BCUT2D eigenvalue weighted by Gasteiger charge is -2.36. The normalized spacial score (nSPS) is 18.9. The van der Waals surface area contributed by atoms with E-state index in [4.69, 9.17) is 4.74 Å². The number of piperidine rings is 1. The second-order valence-corrected chi connectivity index (χ2v) is 5.33. The van der Waals surface area contributed by atoms with Gasteiger partial charge in [0.1, 0.15) is 0 Å². The molecule has 0 aromatic rings. The van der Waals surface area contributed by atoms with E-state index in [1.165, 1.54) is 0 Å². The Bertz CT molecular complexity index is 230. The number of rotatable bonds is 4. The molecular formula is C13H25NO2. The van der Waals surface area contributed by atoms with Crippen LogP contribution in [0, 0.1) is 0 Å². The Balaban J connectivity index is 2.34. The zero-order chi connectivity index (χ0) is 12.2. The van der Waals surface area contributed by atoms with Crippen LogP contribution in [0.4, 0.5) is 0 Å². The fourth-order valence-corrected chi connectivity index (χ4v) is 2.40. The molecule has 1 heterocycles. The van der Waals surface area contributed by atoms with Crippen molar-refractivity contribution in [2.24, 2.45) is 0 Å². The molecule has 16 heavy (non-hydrogen) atoms. The summed E-state index contributed by atoms with van der Waals surface area (Å²) >= 11 is 0. The summed E-state index contributed by atoms with van der Waals surface area (Å²) in [7, 11) is 0. The molecule has 1 aliphatic heterocycles. The number of carbonyl (C=O) groups excluding carboxylic acids is 1. The number of likely N-dealkylation sites (tertiary alicyclic amines) is 1. The van der Waals surface area contributed by atoms with Gasteiger partial charge in [-0.2, -0.15) is 0 Å². The maximum Gasteiger partial charge on any atom is 0.219 e. The van der Waals surface area contributed by atoms with Crippen molar-refractivity contribution in [3.05, 3.63) is 0 Å². The molecule has 0 atom stereocenters. The van der Waals surface area contributed by atoms with Crippen molar-refractivity contribution in [3.63, 3.8) is 0 Å². The number of ether oxygens (including phenoxy) is 1. The summed E-state index contributed by atoms with van der Waals surface area (Å²) in [5, 5.41) is 0. The monoisotopic (exact) mass is 227 g/mol. The van der Waals surface area contributed by atoms with Crippen molar-refractivity contribution in [1.29, 1.82) is 0 Å². The van der Waals surface area contributed by atoms with Gasteiger partial charge in [-0.3, -0.25) is 4.79 Å². The molecule has 1 saturated heterocycles. The quantitative estimate of drug-likeness (QED) is 0.739. The summed E-state index contributed by atoms with van der Waals surface area (Å²) in [6, 6.07) is 0. The van der Waals surface area contributed by atoms with Gasteiger partial charge in [-0.05, 0) is 33.1 Å². The maximum absolute atomic E-state index is 11.2. The summed E-state index contributed by atoms with van der Waals surface area (Å²) < 4.78 is 6.11. The molecule has 1 fully saturated rings. The molecule has 0 N–H and O–H groups in total. The predicted octanol–water partition coefficient (Wildman–Crippen LogP) is 2.59. The topological polar surface area (TPSA) is 29.5 Å². The van der Waals surface area contributed by atoms with E-state index in [9.17, 15) is 4.79 Å². The van der Waals surface area contributed by atoms with Crippen molar-refractivity contribution in [2.75, 3.05) is 13.1 Å². The summed E-state index contributed by atoms with van der Waals surface area (Å²) in [5.74, 6) is 0.186. The van der Waals surface area contributed by atoms with Crippen LogP contribution in [0.25, 0.3) is 0 Å². The Morgan fingerprint density at radius 1 is 1.38 bits per heavy atom. The smallest absolute Gasteiger partial charge is 0.219 e. The number of carbonyl (C=O) groups is 1. The van der Waals surface area contributed by atoms with E-state index in [0.717, 1.165) is 38.8 Å². The van der Waals surface area contributed by atoms with Crippen LogP contribution in [0.15, 0.2) is 0 Å². The lowest BCUT2D eigenvalue weighted by molar-refractivity contribution is -0.135. The highest BCUT2D eigenvalue weighted by molar-refractivity contribution is 5.73. The van der Waals surface area contributed by atoms with Gasteiger partial charge >= 0.3 is 0 Å². The average molecular weight is 227 g/mol. The van der Waals surface area contributed by atoms with Gasteiger partial charge in [-0.25, -0.2) is 0 Å². The van der Waals surface area contributed by atoms with Gasteiger partial charge in [-0.15, -0.1) is 0 Å². The van der Waals surface area contributed by atoms with Crippen LogP contribution < -0.4 is 0 Å². The van der Waals surface area contributed by atoms with Gasteiger partial charge < -0.3 is 9.64 Å². The zero-order valence-electron chi connectivity index (χ0n) is 11.1. The van der Waals surface area contributed by atoms with Crippen LogP contribution in [-0.4, -0.2) is 35.6 Å². The van der Waals surface area contributed by atoms with Crippen LogP contribution in [0.3, 0.4) is 0 Å². The van der Waals surface area contributed by atoms with Crippen molar-refractivity contribution >= 4 is 5.91 Å². The minimum Gasteiger partial charge on any atom is -0.372 e. The van der Waals surface area contributed by atoms with Crippen LogP contribution in [0.5, 0.6) is 0 Å². The van der Waals surface area contributed by atoms with Crippen LogP contribution in [0.2, 0.25) is 0 Å². The molecule has 0 aromatic carbocycles. The van der Waals surface area contributed by atoms with E-state index in [1.807, 2.05) is 4.90 Å². The van der Waals surface area contributed by atoms with E-state index >= 15 is 0 Å². The number of amides is 1. The number of hydrogen-bond donors (Lipinski definition) is 0. The molecule has 0 bridgehead atoms. The average Bonchev–Trinajstić information content (AvgIpc) is 2.17. The number of hydrogen-bond acceptors (Lipinski definition) is 2. The molecule has 0 radical (unpaired) electrons. The highest BCUT2D eigenvalue weighted by atomic mass is 16.5. The first-order chi connectivity index (χ1) is 7.44. The third kappa shape index (κ3) is 4.12. The predicted molar refractivity (Wildman–Crippen MR) is 65.3 cm³/mol. The van der Waals surface area contributed by atoms with Crippen molar-refractivity contribution in [2.45, 2.75) is 65.1 Å². The first-order valence-corrected chi connectivity index (χ1v) is 6.38. The molecular weight excluding hydrogens is 202 g/mol. The Morgan fingerprint density at radius 3 is 2.38 bits per heavy atom. The zero-order valence-corrected chi connectivity index (χ0v) is 11.1. The van der Waals surface area contributed by atoms with Gasteiger partial charge in [0, 0.05) is 20.0 Å². The summed E-state index contributed by atoms with van der Waals surface area (Å²) in [4.78, 5) is 13.1. The van der Waals surface area contributed by atoms with Crippen molar-refractivity contribution in [3.8, 4) is 0 Å². The van der Waals surface area contributed by atoms with Crippen LogP contribution in [-0.2, 0) is 9.53 Å². The third-order valence-corrected chi connectivity index (χ3v) is 3.23. The second-order valence-electron chi connectivity index (χ2n) is 5.33. The van der Waals surface area contributed by atoms with Gasteiger partial charge in [0.25, 0.3) is 0 Å². The SMILES string of the molecule is CCCC(C)(C)OC1CCN(C(C)=O)CC1. The van der Waals surface area contributed by atoms with Crippen LogP contribution >= 0.6 is 0 Å². The largest absolute Gasteiger partial charge is 0.372 e. The molecule has 1 amide bonds. The van der Waals surface area contributed by atoms with Gasteiger partial charge in [0.15, 0.2) is 0 Å². The fraction of sp³-hybridized carbons (Fsp3) is 0.923. The molecule has 3 heteroatoms. The van der Waals surface area contributed by atoms with Gasteiger partial charge in [0.05, 0.1) is 11.7 Å². The lowest BCUT2D eigenvalue weighted by Crippen LogP contribution is -2.42. The Hall–Kier alpha value is -0.570. The molecule has 0 aromatic heterocycles. The lowest BCUT2D eigenvalue weighted by atomic mass is 10.0. The van der Waals surface area contributed by atoms with E-state index in [1.54, 1.807) is 6.92 Å². The molecule has 1 rings (SSSR count). The molecule has 94 valence electrons. The van der Waals surface area contributed by atoms with E-state index < -0.39 is 0 Å². The maximum atomic E-state index is 11.2. The van der Waals surface area contributed by atoms with E-state index in [0.29, 0.717) is 6.10 Å². The van der Waals surface area contributed by atoms with Crippen LogP contribution in [0.1, 0.15) is 53.4 Å². The minimum absolute atomic E-state index is 0.0161. The van der Waals surface area contributed by atoms with Gasteiger partial charge in [0.2, 0.25) is 5.91 Å². The summed E-state index contributed by atoms with van der Waals surface area (Å²) in [6.45, 7) is 9.85.